The molecule has 0 bridgehead atoms. The molecule has 2 aliphatic rings. The number of amides is 1. The summed E-state index contributed by atoms with van der Waals surface area (Å²) in [5.74, 6) is -0.471. The van der Waals surface area contributed by atoms with Crippen LogP contribution in [0.2, 0.25) is 0 Å². The van der Waals surface area contributed by atoms with Gasteiger partial charge in [-0.1, -0.05) is 41.9 Å². The Hall–Kier alpha value is -1.81. The number of benzene rings is 1. The molecule has 1 atom stereocenters. The van der Waals surface area contributed by atoms with Gasteiger partial charge >= 0.3 is 0 Å². The molecule has 1 amide bonds. The first kappa shape index (κ1) is 14.1. The highest BCUT2D eigenvalue weighted by Gasteiger charge is 2.38. The van der Waals surface area contributed by atoms with Crippen LogP contribution >= 0.6 is 11.6 Å². The van der Waals surface area contributed by atoms with Crippen molar-refractivity contribution in [3.63, 3.8) is 0 Å². The predicted octanol–water partition coefficient (Wildman–Crippen LogP) is 2.62. The van der Waals surface area contributed by atoms with E-state index in [-0.39, 0.29) is 35.1 Å². The first-order valence-corrected chi connectivity index (χ1v) is 7.45. The van der Waals surface area contributed by atoms with E-state index in [1.165, 1.54) is 0 Å². The number of nitrogens with zero attached hydrogens (tertiary/aromatic N) is 1. The van der Waals surface area contributed by atoms with Gasteiger partial charge in [-0.3, -0.25) is 9.59 Å². The van der Waals surface area contributed by atoms with Gasteiger partial charge in [0.1, 0.15) is 11.6 Å². The van der Waals surface area contributed by atoms with Crippen LogP contribution in [0.1, 0.15) is 24.8 Å². The molecule has 0 saturated carbocycles. The number of ether oxygens (including phenoxy) is 1. The van der Waals surface area contributed by atoms with Gasteiger partial charge in [0.25, 0.3) is 5.91 Å². The van der Waals surface area contributed by atoms with E-state index in [0.717, 1.165) is 18.4 Å². The maximum atomic E-state index is 12.5. The summed E-state index contributed by atoms with van der Waals surface area (Å²) >= 11 is 6.07. The molecule has 0 radical (unpaired) electrons. The van der Waals surface area contributed by atoms with Crippen LogP contribution in [0, 0.1) is 0 Å². The first-order valence-electron chi connectivity index (χ1n) is 7.07. The molecule has 4 nitrogen and oxygen atoms in total. The van der Waals surface area contributed by atoms with Crippen LogP contribution in [0.15, 0.2) is 41.1 Å². The van der Waals surface area contributed by atoms with Crippen LogP contribution < -0.4 is 0 Å². The van der Waals surface area contributed by atoms with Gasteiger partial charge in [-0.15, -0.1) is 0 Å². The third-order valence-electron chi connectivity index (χ3n) is 3.92. The van der Waals surface area contributed by atoms with Crippen LogP contribution in [-0.2, 0) is 20.9 Å². The summed E-state index contributed by atoms with van der Waals surface area (Å²) in [4.78, 5) is 26.3. The van der Waals surface area contributed by atoms with E-state index in [1.54, 1.807) is 4.90 Å². The summed E-state index contributed by atoms with van der Waals surface area (Å²) in [6, 6.07) is 9.46. The number of ketones is 1. The predicted molar refractivity (Wildman–Crippen MR) is 78.5 cm³/mol. The first-order chi connectivity index (χ1) is 10.2. The Kier molecular flexibility index (Phi) is 3.97. The van der Waals surface area contributed by atoms with Crippen LogP contribution in [-0.4, -0.2) is 29.2 Å². The summed E-state index contributed by atoms with van der Waals surface area (Å²) in [6.45, 7) is 0.892. The molecule has 0 N–H and O–H groups in total. The standard InChI is InChI=1S/C16H16ClNO3/c17-14-13(19)9-12-7-4-8-18(12)16(20)15(14)21-10-11-5-2-1-3-6-11/h1-3,5-6,12H,4,7-10H2. The zero-order chi connectivity index (χ0) is 14.8. The molecule has 2 heterocycles. The fraction of sp³-hybridized carbons (Fsp3) is 0.375. The highest BCUT2D eigenvalue weighted by molar-refractivity contribution is 6.44. The SMILES string of the molecule is O=C1CC2CCCN2C(=O)C(OCc2ccccc2)=C1Cl. The maximum absolute atomic E-state index is 12.5. The van der Waals surface area contributed by atoms with Crippen molar-refractivity contribution in [2.24, 2.45) is 0 Å². The van der Waals surface area contributed by atoms with Crippen molar-refractivity contribution in [1.82, 2.24) is 4.90 Å². The molecular weight excluding hydrogens is 290 g/mol. The molecule has 3 rings (SSSR count). The van der Waals surface area contributed by atoms with Crippen LogP contribution in [0.4, 0.5) is 0 Å². The van der Waals surface area contributed by atoms with Crippen LogP contribution in [0.25, 0.3) is 0 Å². The van der Waals surface area contributed by atoms with E-state index in [2.05, 4.69) is 0 Å². The van der Waals surface area contributed by atoms with Crippen molar-refractivity contribution in [3.8, 4) is 0 Å². The van der Waals surface area contributed by atoms with Crippen molar-refractivity contribution in [3.05, 3.63) is 46.7 Å². The van der Waals surface area contributed by atoms with Gasteiger partial charge in [0.15, 0.2) is 5.78 Å². The molecule has 1 saturated heterocycles. The van der Waals surface area contributed by atoms with Gasteiger partial charge in [-0.05, 0) is 18.4 Å². The number of Topliss-reactive ketones (excluding diaryl/α,β-unsaturated/α-hetero) is 1. The monoisotopic (exact) mass is 305 g/mol. The number of carbonyl (C=O) groups excluding carboxylic acids is 2. The number of hydrogen-bond acceptors (Lipinski definition) is 3. The molecule has 2 aliphatic heterocycles. The molecule has 1 aromatic rings. The number of carbonyl (C=O) groups is 2. The van der Waals surface area contributed by atoms with E-state index in [0.29, 0.717) is 13.0 Å². The van der Waals surface area contributed by atoms with Gasteiger partial charge in [0.2, 0.25) is 5.76 Å². The van der Waals surface area contributed by atoms with Gasteiger partial charge in [0, 0.05) is 19.0 Å². The van der Waals surface area contributed by atoms with Crippen molar-refractivity contribution >= 4 is 23.3 Å². The normalized spacial score (nSPS) is 22.3. The quantitative estimate of drug-likeness (QED) is 0.862. The third kappa shape index (κ3) is 2.81. The second-order valence-corrected chi connectivity index (χ2v) is 5.72. The minimum Gasteiger partial charge on any atom is -0.482 e. The Labute approximate surface area is 128 Å². The molecule has 21 heavy (non-hydrogen) atoms. The Bertz CT molecular complexity index is 597. The summed E-state index contributed by atoms with van der Waals surface area (Å²) < 4.78 is 5.59. The lowest BCUT2D eigenvalue weighted by molar-refractivity contribution is -0.131. The number of fused-ring (bicyclic) bond motifs is 1. The lowest BCUT2D eigenvalue weighted by atomic mass is 10.1. The Morgan fingerprint density at radius 3 is 2.76 bits per heavy atom. The Morgan fingerprint density at radius 2 is 2.00 bits per heavy atom. The highest BCUT2D eigenvalue weighted by Crippen LogP contribution is 2.30. The minimum atomic E-state index is -0.260. The average Bonchev–Trinajstić information content (AvgIpc) is 2.93. The molecule has 0 aliphatic carbocycles. The molecule has 1 unspecified atom stereocenters. The summed E-state index contributed by atoms with van der Waals surface area (Å²) in [6.07, 6.45) is 2.07. The molecule has 1 aromatic carbocycles. The topological polar surface area (TPSA) is 46.6 Å². The molecule has 1 fully saturated rings. The van der Waals surface area contributed by atoms with E-state index in [9.17, 15) is 9.59 Å². The van der Waals surface area contributed by atoms with Crippen LogP contribution in [0.5, 0.6) is 0 Å². The summed E-state index contributed by atoms with van der Waals surface area (Å²) in [7, 11) is 0. The Balaban J connectivity index is 1.82. The molecule has 0 spiro atoms. The molecule has 5 heteroatoms. The zero-order valence-electron chi connectivity index (χ0n) is 11.5. The third-order valence-corrected chi connectivity index (χ3v) is 4.31. The Morgan fingerprint density at radius 1 is 1.24 bits per heavy atom. The highest BCUT2D eigenvalue weighted by atomic mass is 35.5. The van der Waals surface area contributed by atoms with E-state index < -0.39 is 0 Å². The van der Waals surface area contributed by atoms with Gasteiger partial charge in [-0.25, -0.2) is 0 Å². The zero-order valence-corrected chi connectivity index (χ0v) is 12.3. The van der Waals surface area contributed by atoms with E-state index >= 15 is 0 Å². The fourth-order valence-electron chi connectivity index (χ4n) is 2.82. The van der Waals surface area contributed by atoms with E-state index in [1.807, 2.05) is 30.3 Å². The van der Waals surface area contributed by atoms with Gasteiger partial charge in [0.05, 0.1) is 0 Å². The minimum absolute atomic E-state index is 0.00470. The van der Waals surface area contributed by atoms with Crippen molar-refractivity contribution in [1.29, 1.82) is 0 Å². The number of rotatable bonds is 3. The summed E-state index contributed by atoms with van der Waals surface area (Å²) in [5.41, 5.74) is 0.928. The smallest absolute Gasteiger partial charge is 0.290 e. The number of halogens is 1. The lowest BCUT2D eigenvalue weighted by Gasteiger charge is -2.22. The summed E-state index contributed by atoms with van der Waals surface area (Å²) in [5, 5.41) is -0.0645. The van der Waals surface area contributed by atoms with Crippen LogP contribution in [0.3, 0.4) is 0 Å². The van der Waals surface area contributed by atoms with E-state index in [4.69, 9.17) is 16.3 Å². The molecule has 0 aromatic heterocycles. The number of hydrogen-bond donors (Lipinski definition) is 0. The maximum Gasteiger partial charge on any atom is 0.290 e. The van der Waals surface area contributed by atoms with Gasteiger partial charge in [-0.2, -0.15) is 0 Å². The fourth-order valence-corrected chi connectivity index (χ4v) is 3.04. The second-order valence-electron chi connectivity index (χ2n) is 5.34. The lowest BCUT2D eigenvalue weighted by Crippen LogP contribution is -2.35. The van der Waals surface area contributed by atoms with Crippen molar-refractivity contribution < 1.29 is 14.3 Å². The average molecular weight is 306 g/mol. The molecule has 110 valence electrons. The van der Waals surface area contributed by atoms with Crippen molar-refractivity contribution in [2.45, 2.75) is 31.9 Å². The van der Waals surface area contributed by atoms with Crippen molar-refractivity contribution in [2.75, 3.05) is 6.54 Å². The largest absolute Gasteiger partial charge is 0.482 e. The van der Waals surface area contributed by atoms with Gasteiger partial charge < -0.3 is 9.64 Å². The molecular formula is C16H16ClNO3. The number of allylic oxidation sites excluding steroid dienone is 1. The second kappa shape index (κ2) is 5.90.